The van der Waals surface area contributed by atoms with E-state index in [4.69, 9.17) is 4.42 Å². The monoisotopic (exact) mass is 637 g/mol. The van der Waals surface area contributed by atoms with Gasteiger partial charge in [-0.05, 0) is 97.0 Å². The molecule has 50 heavy (non-hydrogen) atoms. The van der Waals surface area contributed by atoms with E-state index in [1.165, 1.54) is 54.6 Å². The minimum atomic E-state index is 0.876. The second-order valence-corrected chi connectivity index (χ2v) is 12.9. The molecule has 0 aliphatic rings. The molecule has 1 heterocycles. The maximum atomic E-state index is 6.37. The summed E-state index contributed by atoms with van der Waals surface area (Å²) in [5.74, 6) is 0. The van der Waals surface area contributed by atoms with E-state index in [1.807, 2.05) is 12.1 Å². The van der Waals surface area contributed by atoms with Crippen LogP contribution in [-0.2, 0) is 0 Å². The second-order valence-electron chi connectivity index (χ2n) is 12.9. The molecule has 2 nitrogen and oxygen atoms in total. The maximum absolute atomic E-state index is 6.37. The van der Waals surface area contributed by atoms with Gasteiger partial charge in [0.25, 0.3) is 0 Å². The van der Waals surface area contributed by atoms with Crippen LogP contribution in [0, 0.1) is 0 Å². The molecule has 0 amide bonds. The Kier molecular flexibility index (Phi) is 6.53. The number of para-hydroxylation sites is 1. The number of hydrogen-bond donors (Lipinski definition) is 0. The van der Waals surface area contributed by atoms with Crippen molar-refractivity contribution >= 4 is 71.3 Å². The zero-order valence-corrected chi connectivity index (χ0v) is 27.3. The number of hydrogen-bond acceptors (Lipinski definition) is 2. The third-order valence-electron chi connectivity index (χ3n) is 10.1. The molecular weight excluding hydrogens is 607 g/mol. The van der Waals surface area contributed by atoms with Gasteiger partial charge in [0.05, 0.1) is 0 Å². The van der Waals surface area contributed by atoms with E-state index >= 15 is 0 Å². The number of furan rings is 1. The molecule has 0 fully saturated rings. The molecule has 234 valence electrons. The Morgan fingerprint density at radius 2 is 0.820 bits per heavy atom. The van der Waals surface area contributed by atoms with Gasteiger partial charge in [0.2, 0.25) is 0 Å². The summed E-state index contributed by atoms with van der Waals surface area (Å²) >= 11 is 0. The number of rotatable bonds is 5. The van der Waals surface area contributed by atoms with Crippen molar-refractivity contribution in [3.8, 4) is 22.3 Å². The lowest BCUT2D eigenvalue weighted by Crippen LogP contribution is -2.09. The van der Waals surface area contributed by atoms with Crippen LogP contribution in [0.4, 0.5) is 17.1 Å². The molecule has 0 saturated carbocycles. The van der Waals surface area contributed by atoms with Crippen LogP contribution in [0.15, 0.2) is 192 Å². The van der Waals surface area contributed by atoms with Crippen LogP contribution in [-0.4, -0.2) is 0 Å². The van der Waals surface area contributed by atoms with Crippen LogP contribution in [0.5, 0.6) is 0 Å². The summed E-state index contributed by atoms with van der Waals surface area (Å²) in [6.07, 6.45) is 0. The van der Waals surface area contributed by atoms with Crippen molar-refractivity contribution in [2.24, 2.45) is 0 Å². The lowest BCUT2D eigenvalue weighted by atomic mass is 9.94. The third-order valence-corrected chi connectivity index (χ3v) is 10.1. The summed E-state index contributed by atoms with van der Waals surface area (Å²) in [6, 6.07) is 67.5. The second kappa shape index (κ2) is 11.5. The first-order valence-electron chi connectivity index (χ1n) is 17.1. The van der Waals surface area contributed by atoms with Crippen LogP contribution in [0.25, 0.3) is 76.5 Å². The molecule has 1 aromatic heterocycles. The molecule has 0 unspecified atom stereocenters. The molecule has 10 rings (SSSR count). The van der Waals surface area contributed by atoms with Crippen molar-refractivity contribution in [1.29, 1.82) is 0 Å². The smallest absolute Gasteiger partial charge is 0.137 e. The van der Waals surface area contributed by atoms with E-state index in [2.05, 4.69) is 181 Å². The van der Waals surface area contributed by atoms with E-state index in [9.17, 15) is 0 Å². The summed E-state index contributed by atoms with van der Waals surface area (Å²) in [6.45, 7) is 0. The summed E-state index contributed by atoms with van der Waals surface area (Å²) < 4.78 is 6.37. The average Bonchev–Trinajstić information content (AvgIpc) is 3.56. The summed E-state index contributed by atoms with van der Waals surface area (Å²) in [5, 5.41) is 9.79. The predicted octanol–water partition coefficient (Wildman–Crippen LogP) is 13.8. The van der Waals surface area contributed by atoms with Gasteiger partial charge in [-0.25, -0.2) is 0 Å². The van der Waals surface area contributed by atoms with Gasteiger partial charge in [0.15, 0.2) is 0 Å². The molecule has 0 atom stereocenters. The van der Waals surface area contributed by atoms with Crippen LogP contribution in [0.2, 0.25) is 0 Å². The molecule has 0 bridgehead atoms. The van der Waals surface area contributed by atoms with E-state index in [0.717, 1.165) is 39.0 Å². The van der Waals surface area contributed by atoms with Crippen LogP contribution < -0.4 is 4.90 Å². The minimum absolute atomic E-state index is 0.876. The lowest BCUT2D eigenvalue weighted by molar-refractivity contribution is 0.669. The fourth-order valence-corrected chi connectivity index (χ4v) is 7.65. The van der Waals surface area contributed by atoms with Gasteiger partial charge in [-0.15, -0.1) is 0 Å². The van der Waals surface area contributed by atoms with E-state index in [1.54, 1.807) is 0 Å². The third kappa shape index (κ3) is 4.65. The lowest BCUT2D eigenvalue weighted by Gasteiger charge is -2.26. The van der Waals surface area contributed by atoms with Crippen LogP contribution in [0.3, 0.4) is 0 Å². The Morgan fingerprint density at radius 1 is 0.300 bits per heavy atom. The first-order chi connectivity index (χ1) is 24.8. The van der Waals surface area contributed by atoms with Crippen LogP contribution in [0.1, 0.15) is 0 Å². The highest BCUT2D eigenvalue weighted by Gasteiger charge is 2.17. The van der Waals surface area contributed by atoms with Crippen molar-refractivity contribution < 1.29 is 4.42 Å². The van der Waals surface area contributed by atoms with E-state index in [0.29, 0.717) is 0 Å². The van der Waals surface area contributed by atoms with Gasteiger partial charge >= 0.3 is 0 Å². The van der Waals surface area contributed by atoms with E-state index in [-0.39, 0.29) is 0 Å². The number of fused-ring (bicyclic) bond motifs is 8. The Balaban J connectivity index is 1.13. The molecule has 0 N–H and O–H groups in total. The molecule has 10 aromatic rings. The molecular formula is C48H31NO. The van der Waals surface area contributed by atoms with E-state index < -0.39 is 0 Å². The van der Waals surface area contributed by atoms with Crippen molar-refractivity contribution in [1.82, 2.24) is 0 Å². The minimum Gasteiger partial charge on any atom is -0.456 e. The van der Waals surface area contributed by atoms with Crippen molar-refractivity contribution in [3.63, 3.8) is 0 Å². The van der Waals surface area contributed by atoms with Gasteiger partial charge in [-0.3, -0.25) is 0 Å². The molecule has 0 aliphatic carbocycles. The Bertz CT molecular complexity index is 2870. The first kappa shape index (κ1) is 28.4. The normalized spacial score (nSPS) is 11.6. The fourth-order valence-electron chi connectivity index (χ4n) is 7.65. The Morgan fingerprint density at radius 3 is 1.60 bits per heavy atom. The SMILES string of the molecule is c1ccc(-c2ccccc2-c2ccc(N(c3ccc4c(ccc5c6ccccc6ccc45)c3)c3ccc4c(c3)oc3ccccc34)cc2)cc1. The molecule has 9 aromatic carbocycles. The summed E-state index contributed by atoms with van der Waals surface area (Å²) in [4.78, 5) is 2.34. The van der Waals surface area contributed by atoms with Crippen molar-refractivity contribution in [2.75, 3.05) is 4.90 Å². The van der Waals surface area contributed by atoms with Crippen molar-refractivity contribution in [3.05, 3.63) is 188 Å². The van der Waals surface area contributed by atoms with Crippen LogP contribution >= 0.6 is 0 Å². The molecule has 0 radical (unpaired) electrons. The number of benzene rings is 9. The maximum Gasteiger partial charge on any atom is 0.137 e. The average molecular weight is 638 g/mol. The number of nitrogens with zero attached hydrogens (tertiary/aromatic N) is 1. The molecule has 0 aliphatic heterocycles. The molecule has 0 saturated heterocycles. The largest absolute Gasteiger partial charge is 0.456 e. The van der Waals surface area contributed by atoms with Gasteiger partial charge in [0, 0.05) is 33.9 Å². The van der Waals surface area contributed by atoms with Gasteiger partial charge < -0.3 is 9.32 Å². The van der Waals surface area contributed by atoms with Gasteiger partial charge in [-0.2, -0.15) is 0 Å². The highest BCUT2D eigenvalue weighted by atomic mass is 16.3. The van der Waals surface area contributed by atoms with Crippen molar-refractivity contribution in [2.45, 2.75) is 0 Å². The topological polar surface area (TPSA) is 16.4 Å². The predicted molar refractivity (Wildman–Crippen MR) is 212 cm³/mol. The zero-order chi connectivity index (χ0) is 33.0. The van der Waals surface area contributed by atoms with Gasteiger partial charge in [-0.1, -0.05) is 140 Å². The van der Waals surface area contributed by atoms with Gasteiger partial charge in [0.1, 0.15) is 11.2 Å². The highest BCUT2D eigenvalue weighted by Crippen LogP contribution is 2.42. The standard InChI is InChI=1S/C48H31NO/c1-2-10-32(11-3-1)39-13-6-7-14-40(39)34-18-22-36(23-19-34)49(38-25-29-46-45-16-8-9-17-47(45)50-48(46)31-38)37-24-28-42-35(30-37)21-27-43-41-15-5-4-12-33(41)20-26-44(42)43/h1-31H. The Hall–Kier alpha value is -6.64. The molecule has 2 heteroatoms. The zero-order valence-electron chi connectivity index (χ0n) is 27.3. The molecule has 0 spiro atoms. The first-order valence-corrected chi connectivity index (χ1v) is 17.1. The quantitative estimate of drug-likeness (QED) is 0.175. The summed E-state index contributed by atoms with van der Waals surface area (Å²) in [7, 11) is 0. The number of anilines is 3. The summed E-state index contributed by atoms with van der Waals surface area (Å²) in [5.41, 5.74) is 9.81. The fraction of sp³-hybridized carbons (Fsp3) is 0. The highest BCUT2D eigenvalue weighted by molar-refractivity contribution is 6.17. The Labute approximate surface area is 290 Å².